The van der Waals surface area contributed by atoms with Crippen LogP contribution in [0.1, 0.15) is 31.2 Å². The van der Waals surface area contributed by atoms with Crippen LogP contribution in [0.4, 0.5) is 4.39 Å². The maximum atomic E-state index is 13.3. The van der Waals surface area contributed by atoms with Gasteiger partial charge in [-0.25, -0.2) is 4.39 Å². The molecule has 1 fully saturated rings. The number of nitrogens with one attached hydrogen (secondary N) is 2. The molecule has 0 spiro atoms. The summed E-state index contributed by atoms with van der Waals surface area (Å²) in [7, 11) is 1.70. The Kier molecular flexibility index (Phi) is 7.95. The lowest BCUT2D eigenvalue weighted by atomic mass is 9.79. The summed E-state index contributed by atoms with van der Waals surface area (Å²) in [6.07, 6.45) is 1.96. The molecule has 0 aliphatic carbocycles. The van der Waals surface area contributed by atoms with E-state index in [1.54, 1.807) is 26.2 Å². The highest BCUT2D eigenvalue weighted by molar-refractivity contribution is 5.85. The van der Waals surface area contributed by atoms with Gasteiger partial charge in [0.1, 0.15) is 5.82 Å². The molecular weight excluding hydrogens is 319 g/mol. The average molecular weight is 345 g/mol. The molecule has 0 aromatic heterocycles. The van der Waals surface area contributed by atoms with Crippen molar-refractivity contribution in [3.8, 4) is 0 Å². The highest BCUT2D eigenvalue weighted by Gasteiger charge is 2.33. The molecule has 1 atom stereocenters. The number of carbonyl (C=O) groups excluding carboxylic acids is 1. The minimum absolute atomic E-state index is 0. The van der Waals surface area contributed by atoms with Crippen LogP contribution in [0.2, 0.25) is 0 Å². The summed E-state index contributed by atoms with van der Waals surface area (Å²) in [6.45, 7) is 4.93. The van der Waals surface area contributed by atoms with Gasteiger partial charge in [-0.3, -0.25) is 4.79 Å². The molecule has 1 saturated heterocycles. The minimum Gasteiger partial charge on any atom is -0.384 e. The highest BCUT2D eigenvalue weighted by Crippen LogP contribution is 2.28. The first-order valence-corrected chi connectivity index (χ1v) is 7.79. The molecule has 1 amide bonds. The van der Waals surface area contributed by atoms with Crippen molar-refractivity contribution >= 4 is 18.3 Å². The first-order chi connectivity index (χ1) is 10.6. The van der Waals surface area contributed by atoms with Crippen LogP contribution >= 0.6 is 12.4 Å². The molecule has 2 rings (SSSR count). The van der Waals surface area contributed by atoms with Gasteiger partial charge in [0.15, 0.2) is 0 Å². The number of halogens is 2. The van der Waals surface area contributed by atoms with Gasteiger partial charge in [0.2, 0.25) is 5.91 Å². The fraction of sp³-hybridized carbons (Fsp3) is 0.588. The van der Waals surface area contributed by atoms with Crippen LogP contribution in [0.25, 0.3) is 0 Å². The van der Waals surface area contributed by atoms with Crippen molar-refractivity contribution in [3.05, 3.63) is 35.6 Å². The predicted octanol–water partition coefficient (Wildman–Crippen LogP) is 2.48. The highest BCUT2D eigenvalue weighted by atomic mass is 35.5. The molecule has 6 heteroatoms. The number of amides is 1. The van der Waals surface area contributed by atoms with E-state index >= 15 is 0 Å². The van der Waals surface area contributed by atoms with Gasteiger partial charge < -0.3 is 15.4 Å². The molecule has 0 bridgehead atoms. The normalized spacial score (nSPS) is 17.9. The number of rotatable bonds is 6. The predicted molar refractivity (Wildman–Crippen MR) is 91.5 cm³/mol. The molecule has 1 unspecified atom stereocenters. The van der Waals surface area contributed by atoms with Crippen LogP contribution in [0.5, 0.6) is 0 Å². The van der Waals surface area contributed by atoms with Gasteiger partial charge in [0.25, 0.3) is 0 Å². The third-order valence-corrected chi connectivity index (χ3v) is 4.49. The lowest BCUT2D eigenvalue weighted by Gasteiger charge is -2.37. The molecular formula is C17H26ClFN2O2. The number of hydrogen-bond acceptors (Lipinski definition) is 3. The zero-order chi connectivity index (χ0) is 16.0. The second kappa shape index (κ2) is 9.21. The second-order valence-electron chi connectivity index (χ2n) is 6.18. The van der Waals surface area contributed by atoms with Crippen molar-refractivity contribution in [2.24, 2.45) is 5.41 Å². The van der Waals surface area contributed by atoms with E-state index in [9.17, 15) is 9.18 Å². The van der Waals surface area contributed by atoms with Crippen molar-refractivity contribution in [1.29, 1.82) is 0 Å². The molecule has 1 heterocycles. The van der Waals surface area contributed by atoms with Gasteiger partial charge in [-0.1, -0.05) is 12.1 Å². The molecule has 2 N–H and O–H groups in total. The summed E-state index contributed by atoms with van der Waals surface area (Å²) in [6, 6.07) is 6.22. The molecule has 1 aromatic rings. The van der Waals surface area contributed by atoms with Gasteiger partial charge >= 0.3 is 0 Å². The Hall–Kier alpha value is -1.17. The van der Waals surface area contributed by atoms with Crippen LogP contribution in [0.15, 0.2) is 24.3 Å². The topological polar surface area (TPSA) is 50.4 Å². The third kappa shape index (κ3) is 5.44. The first kappa shape index (κ1) is 19.9. The van der Waals surface area contributed by atoms with Crippen molar-refractivity contribution in [3.63, 3.8) is 0 Å². The third-order valence-electron chi connectivity index (χ3n) is 4.49. The lowest BCUT2D eigenvalue weighted by molar-refractivity contribution is -0.123. The molecule has 0 saturated carbocycles. The molecule has 23 heavy (non-hydrogen) atoms. The van der Waals surface area contributed by atoms with Crippen LogP contribution in [0.3, 0.4) is 0 Å². The van der Waals surface area contributed by atoms with E-state index in [0.717, 1.165) is 25.9 Å². The molecule has 1 aliphatic rings. The van der Waals surface area contributed by atoms with Crippen LogP contribution in [0, 0.1) is 11.2 Å². The summed E-state index contributed by atoms with van der Waals surface area (Å²) in [5.41, 5.74) is 0.695. The zero-order valence-corrected chi connectivity index (χ0v) is 14.5. The smallest absolute Gasteiger partial charge is 0.227 e. The van der Waals surface area contributed by atoms with Gasteiger partial charge in [0.05, 0.1) is 12.5 Å². The molecule has 130 valence electrons. The van der Waals surface area contributed by atoms with E-state index in [1.165, 1.54) is 12.1 Å². The van der Waals surface area contributed by atoms with E-state index < -0.39 is 0 Å². The molecule has 0 radical (unpaired) electrons. The standard InChI is InChI=1S/C17H25FN2O2.ClH/c1-13(14-4-3-5-15(18)10-14)16(21)20-11-17(12-22-2)6-8-19-9-7-17;/h3-5,10,13,19H,6-9,11-12H2,1-2H3,(H,20,21);1H. The minimum atomic E-state index is -0.364. The Morgan fingerprint density at radius 3 is 2.74 bits per heavy atom. The maximum absolute atomic E-state index is 13.3. The van der Waals surface area contributed by atoms with E-state index in [1.807, 2.05) is 0 Å². The SMILES string of the molecule is COCC1(CNC(=O)C(C)c2cccc(F)c2)CCNCC1.Cl. The summed E-state index contributed by atoms with van der Waals surface area (Å²) >= 11 is 0. The number of benzene rings is 1. The summed E-state index contributed by atoms with van der Waals surface area (Å²) in [4.78, 5) is 12.4. The number of ether oxygens (including phenoxy) is 1. The van der Waals surface area contributed by atoms with Crippen molar-refractivity contribution in [2.75, 3.05) is 33.4 Å². The van der Waals surface area contributed by atoms with Crippen molar-refractivity contribution < 1.29 is 13.9 Å². The first-order valence-electron chi connectivity index (χ1n) is 7.79. The number of carbonyl (C=O) groups is 1. The summed E-state index contributed by atoms with van der Waals surface area (Å²) in [5.74, 6) is -0.747. The molecule has 1 aromatic carbocycles. The van der Waals surface area contributed by atoms with Crippen molar-refractivity contribution in [1.82, 2.24) is 10.6 Å². The Labute approximate surface area is 143 Å². The van der Waals surface area contributed by atoms with Gasteiger partial charge in [-0.2, -0.15) is 0 Å². The van der Waals surface area contributed by atoms with Crippen molar-refractivity contribution in [2.45, 2.75) is 25.7 Å². The maximum Gasteiger partial charge on any atom is 0.227 e. The van der Waals surface area contributed by atoms with Crippen LogP contribution in [-0.2, 0) is 9.53 Å². The van der Waals surface area contributed by atoms with E-state index in [0.29, 0.717) is 18.7 Å². The van der Waals surface area contributed by atoms with Gasteiger partial charge in [0, 0.05) is 19.1 Å². The summed E-state index contributed by atoms with van der Waals surface area (Å²) in [5, 5.41) is 6.36. The second-order valence-corrected chi connectivity index (χ2v) is 6.18. The Bertz CT molecular complexity index is 502. The van der Waals surface area contributed by atoms with E-state index in [-0.39, 0.29) is 35.5 Å². The largest absolute Gasteiger partial charge is 0.384 e. The molecule has 4 nitrogen and oxygen atoms in total. The van der Waals surface area contributed by atoms with E-state index in [4.69, 9.17) is 4.74 Å². The Balaban J connectivity index is 0.00000264. The van der Waals surface area contributed by atoms with Gasteiger partial charge in [-0.05, 0) is 50.6 Å². The lowest BCUT2D eigenvalue weighted by Crippen LogP contribution is -2.47. The number of methoxy groups -OCH3 is 1. The summed E-state index contributed by atoms with van der Waals surface area (Å²) < 4.78 is 18.6. The van der Waals surface area contributed by atoms with E-state index in [2.05, 4.69) is 10.6 Å². The quantitative estimate of drug-likeness (QED) is 0.833. The van der Waals surface area contributed by atoms with Crippen LogP contribution in [-0.4, -0.2) is 39.3 Å². The fourth-order valence-corrected chi connectivity index (χ4v) is 2.99. The average Bonchev–Trinajstić information content (AvgIpc) is 2.53. The Morgan fingerprint density at radius 1 is 1.43 bits per heavy atom. The fourth-order valence-electron chi connectivity index (χ4n) is 2.99. The van der Waals surface area contributed by atoms with Crippen LogP contribution < -0.4 is 10.6 Å². The zero-order valence-electron chi connectivity index (χ0n) is 13.7. The molecule has 1 aliphatic heterocycles. The Morgan fingerprint density at radius 2 is 2.13 bits per heavy atom. The number of piperidine rings is 1. The number of hydrogen-bond donors (Lipinski definition) is 2. The monoisotopic (exact) mass is 344 g/mol. The van der Waals surface area contributed by atoms with Gasteiger partial charge in [-0.15, -0.1) is 12.4 Å².